The Hall–Kier alpha value is -2.34. The highest BCUT2D eigenvalue weighted by molar-refractivity contribution is 7.92. The maximum atomic E-state index is 12.9. The first-order chi connectivity index (χ1) is 11.8. The highest BCUT2D eigenvalue weighted by Crippen LogP contribution is 2.26. The summed E-state index contributed by atoms with van der Waals surface area (Å²) in [4.78, 5) is 14.6. The molecule has 0 aliphatic heterocycles. The van der Waals surface area contributed by atoms with Crippen LogP contribution in [0.3, 0.4) is 0 Å². The third-order valence-electron chi connectivity index (χ3n) is 4.20. The van der Waals surface area contributed by atoms with E-state index in [0.717, 1.165) is 5.56 Å². The monoisotopic (exact) mass is 360 g/mol. The average Bonchev–Trinajstić information content (AvgIpc) is 2.62. The van der Waals surface area contributed by atoms with Gasteiger partial charge in [-0.2, -0.15) is 0 Å². The van der Waals surface area contributed by atoms with Crippen LogP contribution in [-0.4, -0.2) is 39.4 Å². The predicted octanol–water partition coefficient (Wildman–Crippen LogP) is 3.30. The summed E-state index contributed by atoms with van der Waals surface area (Å²) in [6.07, 6.45) is 0. The Balaban J connectivity index is 2.48. The van der Waals surface area contributed by atoms with Crippen LogP contribution in [-0.2, 0) is 10.0 Å². The molecule has 6 heteroatoms. The molecule has 2 rings (SSSR count). The Kier molecular flexibility index (Phi) is 5.85. The van der Waals surface area contributed by atoms with Crippen molar-refractivity contribution in [3.8, 4) is 0 Å². The van der Waals surface area contributed by atoms with Crippen molar-refractivity contribution in [1.82, 2.24) is 4.90 Å². The summed E-state index contributed by atoms with van der Waals surface area (Å²) < 4.78 is 27.0. The Labute approximate surface area is 149 Å². The van der Waals surface area contributed by atoms with Crippen molar-refractivity contribution in [2.24, 2.45) is 0 Å². The number of para-hydroxylation sites is 1. The van der Waals surface area contributed by atoms with Crippen molar-refractivity contribution < 1.29 is 13.2 Å². The number of amides is 1. The Morgan fingerprint density at radius 3 is 2.08 bits per heavy atom. The lowest BCUT2D eigenvalue weighted by molar-refractivity contribution is 0.0774. The van der Waals surface area contributed by atoms with Crippen LogP contribution in [0.1, 0.15) is 29.8 Å². The number of aryl methyl sites for hydroxylation is 1. The van der Waals surface area contributed by atoms with Crippen molar-refractivity contribution in [2.45, 2.75) is 25.7 Å². The predicted molar refractivity (Wildman–Crippen MR) is 100 cm³/mol. The quantitative estimate of drug-likeness (QED) is 0.794. The van der Waals surface area contributed by atoms with E-state index in [1.165, 1.54) is 11.4 Å². The molecule has 0 saturated carbocycles. The van der Waals surface area contributed by atoms with Gasteiger partial charge in [-0.25, -0.2) is 8.42 Å². The second kappa shape index (κ2) is 7.70. The molecule has 0 fully saturated rings. The molecule has 0 bridgehead atoms. The van der Waals surface area contributed by atoms with E-state index < -0.39 is 10.0 Å². The van der Waals surface area contributed by atoms with E-state index in [1.54, 1.807) is 53.4 Å². The third kappa shape index (κ3) is 3.85. The topological polar surface area (TPSA) is 57.7 Å². The van der Waals surface area contributed by atoms with Crippen molar-refractivity contribution in [3.63, 3.8) is 0 Å². The number of hydrogen-bond donors (Lipinski definition) is 0. The van der Waals surface area contributed by atoms with Crippen LogP contribution in [0.2, 0.25) is 0 Å². The molecular formula is C19H24N2O3S. The van der Waals surface area contributed by atoms with E-state index in [1.807, 2.05) is 20.8 Å². The number of carbonyl (C=O) groups is 1. The number of nitrogens with zero attached hydrogens (tertiary/aromatic N) is 2. The van der Waals surface area contributed by atoms with Crippen LogP contribution >= 0.6 is 0 Å². The molecule has 134 valence electrons. The molecular weight excluding hydrogens is 336 g/mol. The lowest BCUT2D eigenvalue weighted by atomic mass is 10.1. The van der Waals surface area contributed by atoms with Crippen LogP contribution in [0.25, 0.3) is 0 Å². The molecule has 0 unspecified atom stereocenters. The fraction of sp³-hybridized carbons (Fsp3) is 0.316. The van der Waals surface area contributed by atoms with Crippen LogP contribution in [0.4, 0.5) is 5.69 Å². The zero-order valence-electron chi connectivity index (χ0n) is 15.1. The largest absolute Gasteiger partial charge is 0.339 e. The molecule has 0 aromatic heterocycles. The molecule has 0 N–H and O–H groups in total. The smallest absolute Gasteiger partial charge is 0.264 e. The van der Waals surface area contributed by atoms with Gasteiger partial charge < -0.3 is 4.90 Å². The van der Waals surface area contributed by atoms with Gasteiger partial charge in [0, 0.05) is 20.1 Å². The maximum absolute atomic E-state index is 12.9. The average molecular weight is 360 g/mol. The molecule has 1 amide bonds. The minimum atomic E-state index is -3.74. The van der Waals surface area contributed by atoms with E-state index in [9.17, 15) is 13.2 Å². The summed E-state index contributed by atoms with van der Waals surface area (Å²) in [6.45, 7) is 6.84. The van der Waals surface area contributed by atoms with Gasteiger partial charge in [-0.3, -0.25) is 9.10 Å². The molecule has 0 radical (unpaired) electrons. The third-order valence-corrected chi connectivity index (χ3v) is 5.99. The van der Waals surface area contributed by atoms with Crippen LogP contribution in [0, 0.1) is 6.92 Å². The Morgan fingerprint density at radius 1 is 0.960 bits per heavy atom. The van der Waals surface area contributed by atoms with Crippen molar-refractivity contribution in [2.75, 3.05) is 24.4 Å². The number of carbonyl (C=O) groups excluding carboxylic acids is 1. The molecule has 0 spiro atoms. The number of anilines is 1. The van der Waals surface area contributed by atoms with E-state index in [2.05, 4.69) is 0 Å². The number of hydrogen-bond acceptors (Lipinski definition) is 3. The second-order valence-electron chi connectivity index (χ2n) is 5.78. The summed E-state index contributed by atoms with van der Waals surface area (Å²) in [5.41, 5.74) is 1.74. The Bertz CT molecular complexity index is 841. The summed E-state index contributed by atoms with van der Waals surface area (Å²) >= 11 is 0. The van der Waals surface area contributed by atoms with E-state index in [-0.39, 0.29) is 10.8 Å². The summed E-state index contributed by atoms with van der Waals surface area (Å²) in [5, 5.41) is 0. The van der Waals surface area contributed by atoms with Gasteiger partial charge in [-0.1, -0.05) is 29.8 Å². The first-order valence-electron chi connectivity index (χ1n) is 8.26. The molecule has 25 heavy (non-hydrogen) atoms. The fourth-order valence-electron chi connectivity index (χ4n) is 2.61. The van der Waals surface area contributed by atoms with Crippen molar-refractivity contribution in [1.29, 1.82) is 0 Å². The van der Waals surface area contributed by atoms with Gasteiger partial charge in [-0.15, -0.1) is 0 Å². The van der Waals surface area contributed by atoms with Gasteiger partial charge in [0.15, 0.2) is 0 Å². The number of rotatable bonds is 6. The van der Waals surface area contributed by atoms with E-state index >= 15 is 0 Å². The van der Waals surface area contributed by atoms with Crippen molar-refractivity contribution >= 4 is 21.6 Å². The molecule has 0 aliphatic rings. The first-order valence-corrected chi connectivity index (χ1v) is 9.70. The minimum absolute atomic E-state index is 0.174. The summed E-state index contributed by atoms with van der Waals surface area (Å²) in [6, 6.07) is 13.5. The Morgan fingerprint density at radius 2 is 1.52 bits per heavy atom. The molecule has 0 aliphatic carbocycles. The van der Waals surface area contributed by atoms with Crippen LogP contribution in [0.15, 0.2) is 53.4 Å². The summed E-state index contributed by atoms with van der Waals surface area (Å²) in [5.74, 6) is -0.174. The number of sulfonamides is 1. The fourth-order valence-corrected chi connectivity index (χ4v) is 3.82. The highest BCUT2D eigenvalue weighted by atomic mass is 32.2. The van der Waals surface area contributed by atoms with Gasteiger partial charge >= 0.3 is 0 Å². The molecule has 0 heterocycles. The van der Waals surface area contributed by atoms with Gasteiger partial charge in [-0.05, 0) is 45.0 Å². The summed E-state index contributed by atoms with van der Waals surface area (Å²) in [7, 11) is -2.27. The SMILES string of the molecule is CCN(CC)C(=O)c1ccccc1N(C)S(=O)(=O)c1ccc(C)cc1. The minimum Gasteiger partial charge on any atom is -0.339 e. The van der Waals surface area contributed by atoms with Gasteiger partial charge in [0.1, 0.15) is 0 Å². The lowest BCUT2D eigenvalue weighted by Gasteiger charge is -2.25. The molecule has 2 aromatic carbocycles. The molecule has 0 saturated heterocycles. The number of benzene rings is 2. The zero-order valence-corrected chi connectivity index (χ0v) is 15.9. The van der Waals surface area contributed by atoms with E-state index in [0.29, 0.717) is 24.3 Å². The second-order valence-corrected chi connectivity index (χ2v) is 7.75. The van der Waals surface area contributed by atoms with Gasteiger partial charge in [0.2, 0.25) is 0 Å². The molecule has 2 aromatic rings. The molecule has 0 atom stereocenters. The lowest BCUT2D eigenvalue weighted by Crippen LogP contribution is -2.33. The van der Waals surface area contributed by atoms with Crippen LogP contribution in [0.5, 0.6) is 0 Å². The normalized spacial score (nSPS) is 11.2. The van der Waals surface area contributed by atoms with Crippen LogP contribution < -0.4 is 4.31 Å². The zero-order chi connectivity index (χ0) is 18.6. The van der Waals surface area contributed by atoms with Crippen molar-refractivity contribution in [3.05, 3.63) is 59.7 Å². The van der Waals surface area contributed by atoms with E-state index in [4.69, 9.17) is 0 Å². The first kappa shape index (κ1) is 19.0. The molecule has 5 nitrogen and oxygen atoms in total. The standard InChI is InChI=1S/C19H24N2O3S/c1-5-21(6-2)19(22)17-9-7-8-10-18(17)20(4)25(23,24)16-13-11-15(3)12-14-16/h7-14H,5-6H2,1-4H3. The highest BCUT2D eigenvalue weighted by Gasteiger charge is 2.26. The maximum Gasteiger partial charge on any atom is 0.264 e. The van der Waals surface area contributed by atoms with Gasteiger partial charge in [0.25, 0.3) is 15.9 Å². The van der Waals surface area contributed by atoms with Gasteiger partial charge in [0.05, 0.1) is 16.1 Å².